The molecule has 2 aromatic heterocycles. The number of carbonyl (C=O) groups excluding carboxylic acids is 1. The van der Waals surface area contributed by atoms with E-state index in [1.807, 2.05) is 18.2 Å². The van der Waals surface area contributed by atoms with Crippen molar-refractivity contribution in [3.63, 3.8) is 0 Å². The summed E-state index contributed by atoms with van der Waals surface area (Å²) in [4.78, 5) is 17.7. The quantitative estimate of drug-likeness (QED) is 0.736. The molecule has 0 unspecified atom stereocenters. The molecule has 0 fully saturated rings. The van der Waals surface area contributed by atoms with Crippen LogP contribution in [-0.4, -0.2) is 34.5 Å². The van der Waals surface area contributed by atoms with Gasteiger partial charge in [-0.05, 0) is 23.6 Å². The first-order valence-corrected chi connectivity index (χ1v) is 7.93. The number of carbonyl (C=O) groups is 1. The van der Waals surface area contributed by atoms with E-state index in [0.717, 1.165) is 17.5 Å². The maximum atomic E-state index is 14.1. The van der Waals surface area contributed by atoms with Crippen LogP contribution in [0.1, 0.15) is 12.5 Å². The second kappa shape index (κ2) is 6.43. The maximum Gasteiger partial charge on any atom is 0.241 e. The van der Waals surface area contributed by atoms with Gasteiger partial charge in [0.15, 0.2) is 5.82 Å². The first-order chi connectivity index (χ1) is 11.5. The highest BCUT2D eigenvalue weighted by Gasteiger charge is 2.14. The number of nitrogens with zero attached hydrogens (tertiary/aromatic N) is 3. The van der Waals surface area contributed by atoms with Crippen molar-refractivity contribution in [3.05, 3.63) is 54.1 Å². The molecule has 0 aliphatic carbocycles. The summed E-state index contributed by atoms with van der Waals surface area (Å²) in [7, 11) is 3.37. The Labute approximate surface area is 140 Å². The van der Waals surface area contributed by atoms with Crippen LogP contribution >= 0.6 is 0 Å². The van der Waals surface area contributed by atoms with E-state index in [1.54, 1.807) is 24.9 Å². The number of rotatable bonds is 4. The van der Waals surface area contributed by atoms with E-state index in [4.69, 9.17) is 0 Å². The van der Waals surface area contributed by atoms with Crippen molar-refractivity contribution in [3.8, 4) is 11.1 Å². The van der Waals surface area contributed by atoms with Crippen molar-refractivity contribution >= 4 is 16.9 Å². The summed E-state index contributed by atoms with van der Waals surface area (Å²) in [6.07, 6.45) is 3.97. The third-order valence-electron chi connectivity index (χ3n) is 4.15. The molecule has 0 saturated heterocycles. The third kappa shape index (κ3) is 3.02. The largest absolute Gasteiger partial charge is 0.347 e. The zero-order chi connectivity index (χ0) is 17.3. The van der Waals surface area contributed by atoms with Crippen molar-refractivity contribution < 1.29 is 9.18 Å². The smallest absolute Gasteiger partial charge is 0.241 e. The van der Waals surface area contributed by atoms with E-state index in [-0.39, 0.29) is 18.0 Å². The van der Waals surface area contributed by atoms with Gasteiger partial charge in [0.05, 0.1) is 5.52 Å². The van der Waals surface area contributed by atoms with Crippen molar-refractivity contribution in [2.45, 2.75) is 19.9 Å². The topological polar surface area (TPSA) is 38.1 Å². The van der Waals surface area contributed by atoms with Crippen molar-refractivity contribution in [2.75, 3.05) is 14.1 Å². The summed E-state index contributed by atoms with van der Waals surface area (Å²) in [5.74, 6) is -0.504. The van der Waals surface area contributed by atoms with Crippen LogP contribution in [0.2, 0.25) is 0 Å². The number of fused-ring (bicyclic) bond motifs is 1. The number of halogens is 1. The minimum Gasteiger partial charge on any atom is -0.347 e. The second-order valence-corrected chi connectivity index (χ2v) is 6.04. The van der Waals surface area contributed by atoms with E-state index in [9.17, 15) is 9.18 Å². The Morgan fingerprint density at radius 2 is 2.04 bits per heavy atom. The summed E-state index contributed by atoms with van der Waals surface area (Å²) >= 11 is 0. The molecule has 1 aromatic carbocycles. The second-order valence-electron chi connectivity index (χ2n) is 6.04. The summed E-state index contributed by atoms with van der Waals surface area (Å²) in [5.41, 5.74) is 4.10. The third-order valence-corrected chi connectivity index (χ3v) is 4.15. The van der Waals surface area contributed by atoms with Gasteiger partial charge in [0.1, 0.15) is 12.1 Å². The van der Waals surface area contributed by atoms with E-state index in [1.165, 1.54) is 16.7 Å². The van der Waals surface area contributed by atoms with Crippen LogP contribution in [0.4, 0.5) is 4.39 Å². The van der Waals surface area contributed by atoms with Gasteiger partial charge in [-0.1, -0.05) is 31.2 Å². The molecule has 0 N–H and O–H groups in total. The fourth-order valence-corrected chi connectivity index (χ4v) is 2.67. The highest BCUT2D eigenvalue weighted by atomic mass is 19.1. The number of likely N-dealkylation sites (N-methyl/N-ethyl adjacent to an activating group) is 1. The molecule has 4 nitrogen and oxygen atoms in total. The first-order valence-electron chi connectivity index (χ1n) is 7.93. The Morgan fingerprint density at radius 3 is 2.75 bits per heavy atom. The predicted octanol–water partition coefficient (Wildman–Crippen LogP) is 3.49. The van der Waals surface area contributed by atoms with E-state index in [2.05, 4.69) is 24.0 Å². The van der Waals surface area contributed by atoms with Crippen molar-refractivity contribution in [2.24, 2.45) is 0 Å². The van der Waals surface area contributed by atoms with Crippen molar-refractivity contribution in [1.82, 2.24) is 14.5 Å². The highest BCUT2D eigenvalue weighted by Crippen LogP contribution is 2.26. The molecule has 0 spiro atoms. The van der Waals surface area contributed by atoms with Gasteiger partial charge in [0.25, 0.3) is 0 Å². The van der Waals surface area contributed by atoms with Gasteiger partial charge in [0, 0.05) is 32.1 Å². The number of hydrogen-bond acceptors (Lipinski definition) is 2. The van der Waals surface area contributed by atoms with Gasteiger partial charge in [-0.15, -0.1) is 0 Å². The number of aryl methyl sites for hydroxylation is 1. The van der Waals surface area contributed by atoms with Gasteiger partial charge in [-0.2, -0.15) is 0 Å². The van der Waals surface area contributed by atoms with Crippen LogP contribution in [0, 0.1) is 5.82 Å². The molecule has 3 aromatic rings. The number of aromatic nitrogens is 2. The summed E-state index contributed by atoms with van der Waals surface area (Å²) in [6.45, 7) is 2.20. The van der Waals surface area contributed by atoms with Gasteiger partial charge < -0.3 is 9.47 Å². The van der Waals surface area contributed by atoms with Crippen LogP contribution in [0.15, 0.2) is 42.7 Å². The molecule has 24 heavy (non-hydrogen) atoms. The lowest BCUT2D eigenvalue weighted by molar-refractivity contribution is -0.129. The summed E-state index contributed by atoms with van der Waals surface area (Å²) in [5, 5.41) is 0. The Kier molecular flexibility index (Phi) is 4.34. The number of hydrogen-bond donors (Lipinski definition) is 0. The summed E-state index contributed by atoms with van der Waals surface area (Å²) < 4.78 is 15.7. The Hall–Kier alpha value is -2.69. The average molecular weight is 325 g/mol. The van der Waals surface area contributed by atoms with Gasteiger partial charge in [0.2, 0.25) is 5.91 Å². The fraction of sp³-hybridized carbons (Fsp3) is 0.263. The standard InChI is InChI=1S/C19H20FN3O/c1-4-13-6-5-7-14(8-13)15-9-17-19(21-10-15)16(20)11-23(17)12-18(24)22(2)3/h5-11H,4,12H2,1-3H3. The molecular weight excluding hydrogens is 305 g/mol. The lowest BCUT2D eigenvalue weighted by atomic mass is 10.0. The monoisotopic (exact) mass is 325 g/mol. The molecule has 0 aliphatic rings. The van der Waals surface area contributed by atoms with E-state index < -0.39 is 5.82 Å². The van der Waals surface area contributed by atoms with E-state index in [0.29, 0.717) is 5.52 Å². The first kappa shape index (κ1) is 16.2. The Bertz CT molecular complexity index is 899. The summed E-state index contributed by atoms with van der Waals surface area (Å²) in [6, 6.07) is 10.1. The molecule has 2 heterocycles. The molecule has 0 atom stereocenters. The fourth-order valence-electron chi connectivity index (χ4n) is 2.67. The van der Waals surface area contributed by atoms with Crippen LogP contribution in [0.3, 0.4) is 0 Å². The van der Waals surface area contributed by atoms with Crippen LogP contribution in [0.5, 0.6) is 0 Å². The molecule has 0 bridgehead atoms. The maximum absolute atomic E-state index is 14.1. The zero-order valence-electron chi connectivity index (χ0n) is 14.1. The molecular formula is C19H20FN3O. The SMILES string of the molecule is CCc1cccc(-c2cnc3c(F)cn(CC(=O)N(C)C)c3c2)c1. The van der Waals surface area contributed by atoms with Crippen LogP contribution in [-0.2, 0) is 17.8 Å². The molecule has 1 amide bonds. The lowest BCUT2D eigenvalue weighted by Gasteiger charge is -2.11. The molecule has 0 aliphatic heterocycles. The normalized spacial score (nSPS) is 11.0. The van der Waals surface area contributed by atoms with Gasteiger partial charge in [-0.25, -0.2) is 4.39 Å². The molecule has 124 valence electrons. The molecule has 5 heteroatoms. The minimum atomic E-state index is -0.412. The molecule has 0 saturated carbocycles. The predicted molar refractivity (Wildman–Crippen MR) is 93.2 cm³/mol. The average Bonchev–Trinajstić information content (AvgIpc) is 2.90. The van der Waals surface area contributed by atoms with E-state index >= 15 is 0 Å². The molecule has 3 rings (SSSR count). The lowest BCUT2D eigenvalue weighted by Crippen LogP contribution is -2.25. The minimum absolute atomic E-state index is 0.0908. The number of amides is 1. The zero-order valence-corrected chi connectivity index (χ0v) is 14.1. The van der Waals surface area contributed by atoms with Crippen LogP contribution in [0.25, 0.3) is 22.2 Å². The Morgan fingerprint density at radius 1 is 1.25 bits per heavy atom. The van der Waals surface area contributed by atoms with Crippen molar-refractivity contribution in [1.29, 1.82) is 0 Å². The van der Waals surface area contributed by atoms with Crippen LogP contribution < -0.4 is 0 Å². The van der Waals surface area contributed by atoms with Gasteiger partial charge >= 0.3 is 0 Å². The Balaban J connectivity index is 2.07. The highest BCUT2D eigenvalue weighted by molar-refractivity contribution is 5.84. The molecule has 0 radical (unpaired) electrons. The number of benzene rings is 1. The number of pyridine rings is 1. The van der Waals surface area contributed by atoms with Gasteiger partial charge in [-0.3, -0.25) is 9.78 Å².